The zero-order chi connectivity index (χ0) is 29.0. The summed E-state index contributed by atoms with van der Waals surface area (Å²) in [7, 11) is 0. The lowest BCUT2D eigenvalue weighted by Crippen LogP contribution is -1.98. The van der Waals surface area contributed by atoms with Crippen LogP contribution in [0.15, 0.2) is 170 Å². The summed E-state index contributed by atoms with van der Waals surface area (Å²) in [5, 5.41) is 5.04. The van der Waals surface area contributed by atoms with Crippen molar-refractivity contribution in [3.63, 3.8) is 0 Å². The molecule has 2 heterocycles. The quantitative estimate of drug-likeness (QED) is 0.203. The average molecular weight is 561 g/mol. The van der Waals surface area contributed by atoms with Gasteiger partial charge in [0.1, 0.15) is 0 Å². The van der Waals surface area contributed by atoms with E-state index in [0.29, 0.717) is 0 Å². The molecule has 0 fully saturated rings. The summed E-state index contributed by atoms with van der Waals surface area (Å²) >= 11 is 0. The molecular weight excluding hydrogens is 532 g/mol. The monoisotopic (exact) mass is 560 g/mol. The van der Waals surface area contributed by atoms with E-state index >= 15 is 0 Å². The number of hydrogen-bond donors (Lipinski definition) is 0. The molecule has 9 rings (SSSR count). The van der Waals surface area contributed by atoms with Crippen LogP contribution < -0.4 is 0 Å². The molecule has 0 amide bonds. The molecule has 0 N–H and O–H groups in total. The number of benzene rings is 7. The molecule has 2 aromatic heterocycles. The molecule has 0 saturated heterocycles. The molecule has 2 nitrogen and oxygen atoms in total. The topological polar surface area (TPSA) is 9.86 Å². The zero-order valence-corrected chi connectivity index (χ0v) is 24.1. The maximum atomic E-state index is 2.50. The average Bonchev–Trinajstić information content (AvgIpc) is 3.62. The molecule has 0 bridgehead atoms. The van der Waals surface area contributed by atoms with E-state index in [9.17, 15) is 0 Å². The molecular formula is C42H28N2. The first kappa shape index (κ1) is 24.7. The lowest BCUT2D eigenvalue weighted by Gasteiger charge is -2.15. The molecule has 2 heteroatoms. The van der Waals surface area contributed by atoms with Gasteiger partial charge in [0.05, 0.1) is 27.8 Å². The van der Waals surface area contributed by atoms with E-state index < -0.39 is 0 Å². The van der Waals surface area contributed by atoms with Crippen LogP contribution >= 0.6 is 0 Å². The smallest absolute Gasteiger partial charge is 0.0641 e. The van der Waals surface area contributed by atoms with Crippen LogP contribution in [0.5, 0.6) is 0 Å². The molecule has 0 spiro atoms. The molecule has 0 unspecified atom stereocenters. The van der Waals surface area contributed by atoms with Crippen molar-refractivity contribution in [2.45, 2.75) is 0 Å². The van der Waals surface area contributed by atoms with Gasteiger partial charge in [-0.2, -0.15) is 0 Å². The molecule has 206 valence electrons. The molecule has 7 aromatic carbocycles. The number of fused-ring (bicyclic) bond motifs is 7. The van der Waals surface area contributed by atoms with E-state index in [0.717, 1.165) is 0 Å². The van der Waals surface area contributed by atoms with Crippen molar-refractivity contribution < 1.29 is 0 Å². The zero-order valence-electron chi connectivity index (χ0n) is 24.1. The van der Waals surface area contributed by atoms with Crippen LogP contribution in [0.25, 0.3) is 77.2 Å². The highest BCUT2D eigenvalue weighted by atomic mass is 15.0. The summed E-state index contributed by atoms with van der Waals surface area (Å²) < 4.78 is 4.90. The van der Waals surface area contributed by atoms with E-state index in [-0.39, 0.29) is 0 Å². The maximum Gasteiger partial charge on any atom is 0.0641 e. The Bertz CT molecular complexity index is 2480. The minimum atomic E-state index is 1.17. The second kappa shape index (κ2) is 9.86. The third-order valence-corrected chi connectivity index (χ3v) is 8.91. The Labute approximate surface area is 255 Å². The van der Waals surface area contributed by atoms with Crippen molar-refractivity contribution in [3.05, 3.63) is 170 Å². The maximum absolute atomic E-state index is 2.50. The number of hydrogen-bond acceptors (Lipinski definition) is 0. The molecule has 0 aliphatic carbocycles. The van der Waals surface area contributed by atoms with Crippen LogP contribution in [-0.4, -0.2) is 9.13 Å². The second-order valence-corrected chi connectivity index (χ2v) is 11.4. The van der Waals surface area contributed by atoms with Crippen molar-refractivity contribution in [1.82, 2.24) is 9.13 Å². The van der Waals surface area contributed by atoms with Gasteiger partial charge in [0.25, 0.3) is 0 Å². The highest BCUT2D eigenvalue weighted by molar-refractivity contribution is 6.26. The molecule has 0 radical (unpaired) electrons. The summed E-state index contributed by atoms with van der Waals surface area (Å²) in [6.07, 6.45) is 0. The Morgan fingerprint density at radius 1 is 0.341 bits per heavy atom. The molecule has 0 atom stereocenters. The summed E-state index contributed by atoms with van der Waals surface area (Å²) in [5.74, 6) is 0. The van der Waals surface area contributed by atoms with Gasteiger partial charge in [-0.15, -0.1) is 0 Å². The fourth-order valence-corrected chi connectivity index (χ4v) is 7.02. The summed E-state index contributed by atoms with van der Waals surface area (Å²) in [6, 6.07) is 61.3. The van der Waals surface area contributed by atoms with Gasteiger partial charge in [0.2, 0.25) is 0 Å². The van der Waals surface area contributed by atoms with Crippen molar-refractivity contribution in [1.29, 1.82) is 0 Å². The fraction of sp³-hybridized carbons (Fsp3) is 0. The van der Waals surface area contributed by atoms with Gasteiger partial charge < -0.3 is 9.13 Å². The fourth-order valence-electron chi connectivity index (χ4n) is 7.02. The van der Waals surface area contributed by atoms with E-state index in [2.05, 4.69) is 179 Å². The van der Waals surface area contributed by atoms with Crippen LogP contribution in [0.4, 0.5) is 0 Å². The van der Waals surface area contributed by atoms with Crippen LogP contribution in [0.3, 0.4) is 0 Å². The van der Waals surface area contributed by atoms with Crippen LogP contribution in [0.1, 0.15) is 0 Å². The van der Waals surface area contributed by atoms with Gasteiger partial charge in [0, 0.05) is 32.8 Å². The summed E-state index contributed by atoms with van der Waals surface area (Å²) in [6.45, 7) is 0. The minimum absolute atomic E-state index is 1.17. The standard InChI is InChI=1S/C42H28N2/c1-3-14-29(15-4-1)30-16-13-17-31(28-30)33-20-7-10-23-37(33)44-38-24-11-8-21-34(38)35-26-27-40-41(42(35)44)36-22-9-12-25-39(36)43(40)32-18-5-2-6-19-32/h1-28H. The van der Waals surface area contributed by atoms with E-state index in [1.165, 1.54) is 77.2 Å². The Hall–Kier alpha value is -5.86. The molecule has 0 aliphatic rings. The third kappa shape index (κ3) is 3.68. The minimum Gasteiger partial charge on any atom is -0.309 e. The number of aromatic nitrogens is 2. The number of para-hydroxylation sites is 4. The summed E-state index contributed by atoms with van der Waals surface area (Å²) in [4.78, 5) is 0. The predicted octanol–water partition coefficient (Wildman–Crippen LogP) is 11.2. The first-order chi connectivity index (χ1) is 21.9. The third-order valence-electron chi connectivity index (χ3n) is 8.91. The number of nitrogens with zero attached hydrogens (tertiary/aromatic N) is 2. The van der Waals surface area contributed by atoms with Crippen LogP contribution in [0, 0.1) is 0 Å². The van der Waals surface area contributed by atoms with Gasteiger partial charge >= 0.3 is 0 Å². The van der Waals surface area contributed by atoms with Crippen LogP contribution in [0.2, 0.25) is 0 Å². The number of rotatable bonds is 4. The lowest BCUT2D eigenvalue weighted by atomic mass is 9.98. The van der Waals surface area contributed by atoms with Crippen molar-refractivity contribution in [3.8, 4) is 33.6 Å². The SMILES string of the molecule is c1ccc(-c2cccc(-c3ccccc3-n3c4ccccc4c4ccc5c(c6ccccc6n5-c5ccccc5)c43)c2)cc1. The molecule has 9 aromatic rings. The molecule has 0 aliphatic heterocycles. The van der Waals surface area contributed by atoms with Gasteiger partial charge in [0.15, 0.2) is 0 Å². The normalized spacial score (nSPS) is 11.6. The predicted molar refractivity (Wildman–Crippen MR) is 186 cm³/mol. The Morgan fingerprint density at radius 3 is 1.77 bits per heavy atom. The largest absolute Gasteiger partial charge is 0.309 e. The molecule has 0 saturated carbocycles. The second-order valence-electron chi connectivity index (χ2n) is 11.4. The van der Waals surface area contributed by atoms with Gasteiger partial charge in [-0.3, -0.25) is 0 Å². The van der Waals surface area contributed by atoms with E-state index in [1.807, 2.05) is 0 Å². The van der Waals surface area contributed by atoms with E-state index in [4.69, 9.17) is 0 Å². The van der Waals surface area contributed by atoms with Crippen molar-refractivity contribution in [2.75, 3.05) is 0 Å². The van der Waals surface area contributed by atoms with Crippen LogP contribution in [-0.2, 0) is 0 Å². The summed E-state index contributed by atoms with van der Waals surface area (Å²) in [5.41, 5.74) is 12.0. The van der Waals surface area contributed by atoms with Crippen molar-refractivity contribution >= 4 is 43.6 Å². The van der Waals surface area contributed by atoms with Gasteiger partial charge in [-0.05, 0) is 59.2 Å². The van der Waals surface area contributed by atoms with Gasteiger partial charge in [-0.25, -0.2) is 0 Å². The van der Waals surface area contributed by atoms with E-state index in [1.54, 1.807) is 0 Å². The lowest BCUT2D eigenvalue weighted by molar-refractivity contribution is 1.17. The highest BCUT2D eigenvalue weighted by Gasteiger charge is 2.21. The molecule has 44 heavy (non-hydrogen) atoms. The first-order valence-electron chi connectivity index (χ1n) is 15.1. The highest BCUT2D eigenvalue weighted by Crippen LogP contribution is 2.43. The Morgan fingerprint density at radius 2 is 0.955 bits per heavy atom. The Balaban J connectivity index is 1.41. The Kier molecular flexibility index (Phi) is 5.54. The van der Waals surface area contributed by atoms with Crippen molar-refractivity contribution in [2.24, 2.45) is 0 Å². The van der Waals surface area contributed by atoms with Gasteiger partial charge in [-0.1, -0.05) is 127 Å². The first-order valence-corrected chi connectivity index (χ1v) is 15.1.